The van der Waals surface area contributed by atoms with Crippen LogP contribution in [0.15, 0.2) is 81.5 Å². The zero-order valence-corrected chi connectivity index (χ0v) is 33.0. The normalized spacial score (nSPS) is 12.7. The van der Waals surface area contributed by atoms with E-state index in [0.717, 1.165) is 81.0 Å². The molecule has 1 radical (unpaired) electrons. The Labute approximate surface area is 304 Å². The van der Waals surface area contributed by atoms with Crippen LogP contribution in [0, 0.1) is 23.8 Å². The quantitative estimate of drug-likeness (QED) is 0.0939. The van der Waals surface area contributed by atoms with E-state index in [-0.39, 0.29) is 47.9 Å². The Kier molecular flexibility index (Phi) is 11.4. The van der Waals surface area contributed by atoms with Crippen LogP contribution in [0.1, 0.15) is 99.3 Å². The van der Waals surface area contributed by atoms with Gasteiger partial charge in [0.25, 0.3) is 0 Å². The standard InChI is InChI=1S/C28H22NO2.C15H28O2.Ir/c1-16-13-18-9-10-21-24-23(31-27(21)26(18)30-16)11-12-29-25(24)19-14-17-7-5-6-8-20(17)22(15-19)28(2,3)4;1-7-14(5,8-2)12(16)11-13(17)15(6,9-3)10-4;/h5-13,15H,1-4H3;11,16H,7-10H2,1-6H3;/q-1;;/b;12-11-;. The second kappa shape index (κ2) is 14.6. The third kappa shape index (κ3) is 7.28. The smallest absolute Gasteiger partial charge is 0.177 e. The molecule has 261 valence electrons. The molecule has 3 heterocycles. The van der Waals surface area contributed by atoms with Crippen LogP contribution in [-0.4, -0.2) is 15.9 Å². The Balaban J connectivity index is 0.000000260. The van der Waals surface area contributed by atoms with E-state index in [4.69, 9.17) is 13.8 Å². The Bertz CT molecular complexity index is 2130. The molecule has 1 N–H and O–H groups in total. The van der Waals surface area contributed by atoms with E-state index in [1.807, 2.05) is 66.8 Å². The minimum atomic E-state index is -0.337. The number of ketones is 1. The molecular weight excluding hydrogens is 787 g/mol. The van der Waals surface area contributed by atoms with E-state index >= 15 is 0 Å². The fourth-order valence-electron chi connectivity index (χ4n) is 6.27. The summed E-state index contributed by atoms with van der Waals surface area (Å²) in [6, 6.07) is 22.4. The molecule has 5 nitrogen and oxygen atoms in total. The molecule has 0 saturated heterocycles. The van der Waals surface area contributed by atoms with Crippen LogP contribution in [0.2, 0.25) is 0 Å². The molecule has 0 aliphatic heterocycles. The molecule has 49 heavy (non-hydrogen) atoms. The van der Waals surface area contributed by atoms with Gasteiger partial charge in [0.2, 0.25) is 0 Å². The number of aryl methyl sites for hydroxylation is 1. The SMILES string of the molecule is CCC(C)(CC)C(=O)/C=C(\O)C(C)(CC)CC.Cc1cc2ccc3c(oc4ccnc(-c5[c-]c6ccccc6c(C(C)(C)C)c5)c43)c2o1.[Ir]. The van der Waals surface area contributed by atoms with Crippen molar-refractivity contribution in [3.8, 4) is 11.3 Å². The molecule has 0 atom stereocenters. The number of aliphatic hydroxyl groups excluding tert-OH is 1. The number of furan rings is 2. The van der Waals surface area contributed by atoms with Crippen LogP contribution in [0.4, 0.5) is 0 Å². The topological polar surface area (TPSA) is 76.5 Å². The van der Waals surface area contributed by atoms with E-state index in [1.54, 1.807) is 0 Å². The Hall–Kier alpha value is -3.73. The van der Waals surface area contributed by atoms with Crippen molar-refractivity contribution >= 4 is 49.5 Å². The van der Waals surface area contributed by atoms with E-state index in [0.29, 0.717) is 0 Å². The number of hydrogen-bond acceptors (Lipinski definition) is 5. The predicted molar refractivity (Wildman–Crippen MR) is 200 cm³/mol. The number of fused-ring (bicyclic) bond motifs is 6. The summed E-state index contributed by atoms with van der Waals surface area (Å²) in [5.41, 5.74) is 4.90. The molecule has 6 rings (SSSR count). The molecule has 0 aliphatic rings. The predicted octanol–water partition coefficient (Wildman–Crippen LogP) is 12.6. The largest absolute Gasteiger partial charge is 0.512 e. The summed E-state index contributed by atoms with van der Waals surface area (Å²) in [6.07, 6.45) is 6.56. The number of carbonyl (C=O) groups is 1. The van der Waals surface area contributed by atoms with Crippen LogP contribution in [-0.2, 0) is 30.3 Å². The Morgan fingerprint density at radius 2 is 1.49 bits per heavy atom. The number of nitrogens with zero attached hydrogens (tertiary/aromatic N) is 1. The number of hydrogen-bond donors (Lipinski definition) is 1. The Morgan fingerprint density at radius 3 is 2.12 bits per heavy atom. The summed E-state index contributed by atoms with van der Waals surface area (Å²) >= 11 is 0. The second-order valence-corrected chi connectivity index (χ2v) is 14.7. The number of benzene rings is 3. The van der Waals surface area contributed by atoms with Crippen LogP contribution in [0.25, 0.3) is 54.9 Å². The number of allylic oxidation sites excluding steroid dienone is 2. The fraction of sp³-hybridized carbons (Fsp3) is 0.395. The molecule has 0 bridgehead atoms. The van der Waals surface area contributed by atoms with E-state index in [9.17, 15) is 9.90 Å². The molecule has 0 aliphatic carbocycles. The van der Waals surface area contributed by atoms with Gasteiger partial charge in [-0.25, -0.2) is 0 Å². The third-order valence-electron chi connectivity index (χ3n) is 10.6. The van der Waals surface area contributed by atoms with Crippen molar-refractivity contribution in [1.82, 2.24) is 4.98 Å². The van der Waals surface area contributed by atoms with E-state index in [1.165, 1.54) is 17.0 Å². The van der Waals surface area contributed by atoms with Gasteiger partial charge in [-0.1, -0.05) is 104 Å². The average molecular weight is 837 g/mol. The van der Waals surface area contributed by atoms with Gasteiger partial charge in [0.05, 0.1) is 0 Å². The zero-order chi connectivity index (χ0) is 35.0. The number of carbonyl (C=O) groups excluding carboxylic acids is 1. The van der Waals surface area contributed by atoms with Gasteiger partial charge in [-0.05, 0) is 50.2 Å². The summed E-state index contributed by atoms with van der Waals surface area (Å²) in [5.74, 6) is 1.16. The number of aliphatic hydroxyl groups is 1. The molecule has 3 aromatic heterocycles. The fourth-order valence-corrected chi connectivity index (χ4v) is 6.27. The number of rotatable bonds is 8. The molecule has 6 heteroatoms. The van der Waals surface area contributed by atoms with E-state index in [2.05, 4.69) is 69.3 Å². The zero-order valence-electron chi connectivity index (χ0n) is 30.6. The molecule has 0 saturated carbocycles. The van der Waals surface area contributed by atoms with Crippen molar-refractivity contribution in [2.45, 2.75) is 100 Å². The maximum absolute atomic E-state index is 12.2. The van der Waals surface area contributed by atoms with Gasteiger partial charge in [0.15, 0.2) is 16.9 Å². The summed E-state index contributed by atoms with van der Waals surface area (Å²) < 4.78 is 12.2. The van der Waals surface area contributed by atoms with Crippen LogP contribution < -0.4 is 0 Å². The monoisotopic (exact) mass is 837 g/mol. The second-order valence-electron chi connectivity index (χ2n) is 14.7. The molecule has 0 amide bonds. The van der Waals surface area contributed by atoms with E-state index < -0.39 is 0 Å². The molecule has 3 aromatic carbocycles. The average Bonchev–Trinajstić information content (AvgIpc) is 3.66. The van der Waals surface area contributed by atoms with Crippen molar-refractivity contribution in [1.29, 1.82) is 0 Å². The van der Waals surface area contributed by atoms with Gasteiger partial charge in [-0.15, -0.1) is 29.1 Å². The Morgan fingerprint density at radius 1 is 0.837 bits per heavy atom. The molecule has 0 unspecified atom stereocenters. The summed E-state index contributed by atoms with van der Waals surface area (Å²) in [7, 11) is 0. The molecule has 0 spiro atoms. The first kappa shape index (κ1) is 38.1. The first-order chi connectivity index (χ1) is 22.7. The maximum Gasteiger partial charge on any atom is 0.177 e. The van der Waals surface area contributed by atoms with Gasteiger partial charge in [0.1, 0.15) is 17.1 Å². The summed E-state index contributed by atoms with van der Waals surface area (Å²) in [5, 5.41) is 15.5. The van der Waals surface area contributed by atoms with Crippen LogP contribution in [0.5, 0.6) is 0 Å². The summed E-state index contributed by atoms with van der Waals surface area (Å²) in [6.45, 7) is 20.8. The molecular formula is C43H50IrNO4-. The van der Waals surface area contributed by atoms with Crippen LogP contribution in [0.3, 0.4) is 0 Å². The van der Waals surface area contributed by atoms with Gasteiger partial charge >= 0.3 is 0 Å². The number of aromatic nitrogens is 1. The van der Waals surface area contributed by atoms with Crippen molar-refractivity contribution < 1.29 is 38.8 Å². The molecule has 0 fully saturated rings. The van der Waals surface area contributed by atoms with Crippen molar-refractivity contribution in [3.05, 3.63) is 90.0 Å². The van der Waals surface area contributed by atoms with Crippen molar-refractivity contribution in [2.24, 2.45) is 10.8 Å². The van der Waals surface area contributed by atoms with Crippen LogP contribution >= 0.6 is 0 Å². The minimum Gasteiger partial charge on any atom is -0.512 e. The van der Waals surface area contributed by atoms with Gasteiger partial charge in [-0.3, -0.25) is 9.78 Å². The third-order valence-corrected chi connectivity index (χ3v) is 10.6. The summed E-state index contributed by atoms with van der Waals surface area (Å²) in [4.78, 5) is 17.0. The number of pyridine rings is 1. The van der Waals surface area contributed by atoms with Crippen molar-refractivity contribution in [2.75, 3.05) is 0 Å². The van der Waals surface area contributed by atoms with Gasteiger partial charge in [-0.2, -0.15) is 0 Å². The minimum absolute atomic E-state index is 0. The van der Waals surface area contributed by atoms with Crippen molar-refractivity contribution in [3.63, 3.8) is 0 Å². The first-order valence-electron chi connectivity index (χ1n) is 17.3. The first-order valence-corrected chi connectivity index (χ1v) is 17.3. The van der Waals surface area contributed by atoms with Gasteiger partial charge in [0, 0.05) is 65.1 Å². The van der Waals surface area contributed by atoms with Gasteiger partial charge < -0.3 is 13.9 Å². The maximum atomic E-state index is 12.2. The molecule has 6 aromatic rings.